The lowest BCUT2D eigenvalue weighted by molar-refractivity contribution is 0.373. The summed E-state index contributed by atoms with van der Waals surface area (Å²) in [5.74, 6) is 0.956. The zero-order valence-corrected chi connectivity index (χ0v) is 12.1. The van der Waals surface area contributed by atoms with E-state index >= 15 is 0 Å². The number of benzene rings is 2. The van der Waals surface area contributed by atoms with Crippen LogP contribution in [0.5, 0.6) is 17.2 Å². The number of fused-ring (bicyclic) bond motifs is 1. The molecule has 1 N–H and O–H groups in total. The Bertz CT molecular complexity index is 878. The van der Waals surface area contributed by atoms with Gasteiger partial charge in [0.1, 0.15) is 11.3 Å². The minimum Gasteiger partial charge on any atom is -0.504 e. The van der Waals surface area contributed by atoms with E-state index in [1.807, 2.05) is 0 Å². The third-order valence-corrected chi connectivity index (χ3v) is 3.43. The number of phenolic OH excluding ortho intramolecular Hbond substituents is 1. The third kappa shape index (κ3) is 2.37. The Morgan fingerprint density at radius 2 is 1.73 bits per heavy atom. The number of hydrogen-bond acceptors (Lipinski definition) is 5. The van der Waals surface area contributed by atoms with Gasteiger partial charge in [-0.15, -0.1) is 0 Å². The molecule has 112 valence electrons. The molecule has 1 heterocycles. The van der Waals surface area contributed by atoms with E-state index in [1.165, 1.54) is 13.2 Å². The molecular formula is C17H14O5. The zero-order chi connectivity index (χ0) is 15.7. The van der Waals surface area contributed by atoms with Crippen LogP contribution in [0.25, 0.3) is 22.1 Å². The van der Waals surface area contributed by atoms with E-state index < -0.39 is 5.63 Å². The quantitative estimate of drug-likeness (QED) is 0.752. The minimum atomic E-state index is -0.470. The molecule has 1 aromatic heterocycles. The van der Waals surface area contributed by atoms with Crippen LogP contribution in [0.2, 0.25) is 0 Å². The van der Waals surface area contributed by atoms with Crippen LogP contribution in [-0.4, -0.2) is 19.3 Å². The predicted octanol–water partition coefficient (Wildman–Crippen LogP) is 3.18. The summed E-state index contributed by atoms with van der Waals surface area (Å²) in [6, 6.07) is 11.8. The van der Waals surface area contributed by atoms with Crippen LogP contribution in [0.4, 0.5) is 0 Å². The van der Waals surface area contributed by atoms with Gasteiger partial charge in [0.25, 0.3) is 0 Å². The highest BCUT2D eigenvalue weighted by atomic mass is 16.5. The molecule has 0 aliphatic heterocycles. The number of methoxy groups -OCH3 is 2. The first-order valence-electron chi connectivity index (χ1n) is 6.61. The summed E-state index contributed by atoms with van der Waals surface area (Å²) < 4.78 is 15.5. The molecule has 0 spiro atoms. The summed E-state index contributed by atoms with van der Waals surface area (Å²) >= 11 is 0. The molecule has 3 aromatic rings. The molecule has 0 aliphatic carbocycles. The summed E-state index contributed by atoms with van der Waals surface area (Å²) in [5.41, 5.74) is 0.995. The lowest BCUT2D eigenvalue weighted by Gasteiger charge is -2.07. The van der Waals surface area contributed by atoms with Crippen molar-refractivity contribution in [2.24, 2.45) is 0 Å². The topological polar surface area (TPSA) is 68.9 Å². The van der Waals surface area contributed by atoms with Gasteiger partial charge in [0.15, 0.2) is 11.5 Å². The fraction of sp³-hybridized carbons (Fsp3) is 0.118. The highest BCUT2D eigenvalue weighted by molar-refractivity contribution is 5.84. The second kappa shape index (κ2) is 5.44. The van der Waals surface area contributed by atoms with Gasteiger partial charge in [-0.1, -0.05) is 12.1 Å². The summed E-state index contributed by atoms with van der Waals surface area (Å²) in [7, 11) is 3.04. The van der Waals surface area contributed by atoms with Crippen LogP contribution in [-0.2, 0) is 0 Å². The number of ether oxygens (including phenoxy) is 2. The van der Waals surface area contributed by atoms with E-state index in [1.54, 1.807) is 43.5 Å². The summed E-state index contributed by atoms with van der Waals surface area (Å²) in [6.45, 7) is 0. The van der Waals surface area contributed by atoms with E-state index in [-0.39, 0.29) is 5.75 Å². The molecule has 2 aromatic carbocycles. The SMILES string of the molecule is COc1ccc(-c2cc3cc(OC)c(O)cc3oc2=O)cc1. The molecule has 0 amide bonds. The van der Waals surface area contributed by atoms with E-state index in [0.29, 0.717) is 28.0 Å². The van der Waals surface area contributed by atoms with Gasteiger partial charge in [0.2, 0.25) is 0 Å². The average Bonchev–Trinajstić information content (AvgIpc) is 2.54. The monoisotopic (exact) mass is 298 g/mol. The molecule has 22 heavy (non-hydrogen) atoms. The van der Waals surface area contributed by atoms with Gasteiger partial charge in [-0.3, -0.25) is 0 Å². The van der Waals surface area contributed by atoms with Crippen LogP contribution in [0.1, 0.15) is 0 Å². The molecule has 0 atom stereocenters. The van der Waals surface area contributed by atoms with Gasteiger partial charge in [0.05, 0.1) is 19.8 Å². The van der Waals surface area contributed by atoms with Crippen LogP contribution in [0.3, 0.4) is 0 Å². The molecule has 5 nitrogen and oxygen atoms in total. The number of rotatable bonds is 3. The Labute approximate surface area is 126 Å². The molecular weight excluding hydrogens is 284 g/mol. The fourth-order valence-corrected chi connectivity index (χ4v) is 2.27. The average molecular weight is 298 g/mol. The van der Waals surface area contributed by atoms with Crippen molar-refractivity contribution in [3.63, 3.8) is 0 Å². The van der Waals surface area contributed by atoms with Gasteiger partial charge in [-0.2, -0.15) is 0 Å². The fourth-order valence-electron chi connectivity index (χ4n) is 2.27. The van der Waals surface area contributed by atoms with E-state index in [9.17, 15) is 9.90 Å². The normalized spacial score (nSPS) is 10.6. The summed E-state index contributed by atoms with van der Waals surface area (Å²) in [4.78, 5) is 12.1. The zero-order valence-electron chi connectivity index (χ0n) is 12.1. The Balaban J connectivity index is 2.18. The van der Waals surface area contributed by atoms with Crippen LogP contribution in [0, 0.1) is 0 Å². The number of phenols is 1. The molecule has 0 saturated heterocycles. The van der Waals surface area contributed by atoms with Crippen molar-refractivity contribution >= 4 is 11.0 Å². The van der Waals surface area contributed by atoms with Gasteiger partial charge in [-0.05, 0) is 29.8 Å². The van der Waals surface area contributed by atoms with Gasteiger partial charge in [-0.25, -0.2) is 4.79 Å². The van der Waals surface area contributed by atoms with Gasteiger partial charge >= 0.3 is 5.63 Å². The van der Waals surface area contributed by atoms with Crippen molar-refractivity contribution in [3.05, 3.63) is 52.9 Å². The van der Waals surface area contributed by atoms with Crippen LogP contribution >= 0.6 is 0 Å². The molecule has 0 unspecified atom stereocenters. The maximum absolute atomic E-state index is 12.1. The minimum absolute atomic E-state index is 0.0738. The smallest absolute Gasteiger partial charge is 0.344 e. The highest BCUT2D eigenvalue weighted by Gasteiger charge is 2.11. The van der Waals surface area contributed by atoms with Crippen molar-refractivity contribution in [1.82, 2.24) is 0 Å². The Hall–Kier alpha value is -2.95. The Morgan fingerprint density at radius 3 is 2.36 bits per heavy atom. The van der Waals surface area contributed by atoms with Crippen LogP contribution in [0.15, 0.2) is 51.7 Å². The van der Waals surface area contributed by atoms with Gasteiger partial charge in [0, 0.05) is 11.5 Å². The third-order valence-electron chi connectivity index (χ3n) is 3.43. The van der Waals surface area contributed by atoms with Crippen LogP contribution < -0.4 is 15.1 Å². The van der Waals surface area contributed by atoms with Crippen molar-refractivity contribution < 1.29 is 19.0 Å². The molecule has 0 fully saturated rings. The maximum Gasteiger partial charge on any atom is 0.344 e. The van der Waals surface area contributed by atoms with E-state index in [2.05, 4.69) is 0 Å². The first kappa shape index (κ1) is 14.0. The molecule has 0 radical (unpaired) electrons. The molecule has 0 saturated carbocycles. The van der Waals surface area contributed by atoms with E-state index in [4.69, 9.17) is 13.9 Å². The molecule has 0 aliphatic rings. The first-order chi connectivity index (χ1) is 10.6. The van der Waals surface area contributed by atoms with Crippen molar-refractivity contribution in [2.75, 3.05) is 14.2 Å². The summed E-state index contributed by atoms with van der Waals surface area (Å²) in [6.07, 6.45) is 0. The predicted molar refractivity (Wildman–Crippen MR) is 82.7 cm³/mol. The second-order valence-electron chi connectivity index (χ2n) is 4.74. The number of hydrogen-bond donors (Lipinski definition) is 1. The first-order valence-corrected chi connectivity index (χ1v) is 6.61. The molecule has 3 rings (SSSR count). The Morgan fingerprint density at radius 1 is 1.00 bits per heavy atom. The number of aromatic hydroxyl groups is 1. The largest absolute Gasteiger partial charge is 0.504 e. The summed E-state index contributed by atoms with van der Waals surface area (Å²) in [5, 5.41) is 10.4. The highest BCUT2D eigenvalue weighted by Crippen LogP contribution is 2.32. The van der Waals surface area contributed by atoms with Crippen molar-refractivity contribution in [2.45, 2.75) is 0 Å². The van der Waals surface area contributed by atoms with E-state index in [0.717, 1.165) is 5.56 Å². The Kier molecular flexibility index (Phi) is 3.47. The van der Waals surface area contributed by atoms with Crippen molar-refractivity contribution in [3.8, 4) is 28.4 Å². The molecule has 5 heteroatoms. The molecule has 0 bridgehead atoms. The second-order valence-corrected chi connectivity index (χ2v) is 4.74. The van der Waals surface area contributed by atoms with Crippen molar-refractivity contribution in [1.29, 1.82) is 0 Å². The lowest BCUT2D eigenvalue weighted by atomic mass is 10.1. The lowest BCUT2D eigenvalue weighted by Crippen LogP contribution is -2.02. The van der Waals surface area contributed by atoms with Gasteiger partial charge < -0.3 is 19.0 Å². The standard InChI is InChI=1S/C17H14O5/c1-20-12-5-3-10(4-6-12)13-7-11-8-16(21-2)14(18)9-15(11)22-17(13)19/h3-9,18H,1-2H3. The maximum atomic E-state index is 12.1.